The minimum atomic E-state index is -1.77. The van der Waals surface area contributed by atoms with Crippen molar-refractivity contribution < 1.29 is 73.8 Å². The van der Waals surface area contributed by atoms with E-state index in [0.29, 0.717) is 12.8 Å². The minimum Gasteiger partial charge on any atom is -0.462 e. The monoisotopic (exact) mass is 843 g/mol. The average molecular weight is 843 g/mol. The Hall–Kier alpha value is -2.54. The van der Waals surface area contributed by atoms with E-state index >= 15 is 0 Å². The highest BCUT2D eigenvalue weighted by Crippen LogP contribution is 2.26. The Morgan fingerprint density at radius 2 is 1.07 bits per heavy atom. The van der Waals surface area contributed by atoms with Gasteiger partial charge < -0.3 is 64.2 Å². The van der Waals surface area contributed by atoms with Crippen LogP contribution in [0.2, 0.25) is 0 Å². The summed E-state index contributed by atoms with van der Waals surface area (Å²) in [5, 5.41) is 71.7. The number of carbonyl (C=O) groups excluding carboxylic acids is 2. The third-order valence-electron chi connectivity index (χ3n) is 10.0. The highest BCUT2D eigenvalue weighted by molar-refractivity contribution is 5.70. The number of aliphatic hydroxyl groups is 7. The van der Waals surface area contributed by atoms with E-state index in [1.807, 2.05) is 0 Å². The smallest absolute Gasteiger partial charge is 0.306 e. The Morgan fingerprint density at radius 3 is 1.71 bits per heavy atom. The normalized spacial score (nSPS) is 28.3. The molecule has 0 spiro atoms. The number of unbranched alkanes of at least 4 members (excludes halogenated alkanes) is 9. The second kappa shape index (κ2) is 32.2. The van der Waals surface area contributed by atoms with Crippen molar-refractivity contribution in [1.82, 2.24) is 0 Å². The molecule has 15 heteroatoms. The van der Waals surface area contributed by atoms with Gasteiger partial charge in [0.15, 0.2) is 18.7 Å². The highest BCUT2D eigenvalue weighted by Gasteiger charge is 2.47. The Bertz CT molecular complexity index is 1220. The van der Waals surface area contributed by atoms with Crippen LogP contribution in [0.1, 0.15) is 123 Å². The molecule has 2 fully saturated rings. The maximum absolute atomic E-state index is 12.9. The molecule has 2 saturated heterocycles. The Labute approximate surface area is 350 Å². The molecule has 0 aromatic heterocycles. The number of carbonyl (C=O) groups is 2. The van der Waals surface area contributed by atoms with Crippen molar-refractivity contribution in [1.29, 1.82) is 0 Å². The first-order valence-electron chi connectivity index (χ1n) is 21.7. The Balaban J connectivity index is 1.90. The zero-order valence-electron chi connectivity index (χ0n) is 35.2. The van der Waals surface area contributed by atoms with Gasteiger partial charge >= 0.3 is 11.9 Å². The molecule has 15 nitrogen and oxygen atoms in total. The molecule has 0 radical (unpaired) electrons. The molecule has 0 aromatic rings. The fraction of sp³-hybridized carbons (Fsp3) is 0.773. The SMILES string of the molecule is CC/C=C\C/C=C\C/C=C\CCCCCC(=O)OC(COC(=O)CCCCCCC/C=C\CCC)COC1OC(COC2OC(CO)C(O)C(O)C2O)C(O)C(O)C1O. The first-order valence-corrected chi connectivity index (χ1v) is 21.7. The van der Waals surface area contributed by atoms with E-state index in [9.17, 15) is 45.3 Å². The van der Waals surface area contributed by atoms with Gasteiger partial charge in [-0.25, -0.2) is 0 Å². The van der Waals surface area contributed by atoms with Gasteiger partial charge in [-0.05, 0) is 64.2 Å². The van der Waals surface area contributed by atoms with Crippen LogP contribution in [0.4, 0.5) is 0 Å². The van der Waals surface area contributed by atoms with Crippen molar-refractivity contribution >= 4 is 11.9 Å². The number of hydrogen-bond donors (Lipinski definition) is 7. The standard InChI is InChI=1S/C44H74O15/c1-3-5-7-9-11-13-15-16-17-19-21-23-25-27-36(47)57-32(29-54-35(46)26-24-22-20-18-14-12-10-8-6-4-2)30-55-43-42(53)40(51)38(49)34(59-43)31-56-44-41(52)39(50)37(48)33(28-45)58-44/h5,7-8,10-11,13,16-17,32-34,37-45,48-53H,3-4,6,9,12,14-15,18-31H2,1-2H3/b7-5-,10-8-,13-11-,17-16-. The number of ether oxygens (including phenoxy) is 6. The summed E-state index contributed by atoms with van der Waals surface area (Å²) in [5.41, 5.74) is 0. The molecule has 7 N–H and O–H groups in total. The molecule has 340 valence electrons. The molecular formula is C44H74O15. The number of esters is 2. The summed E-state index contributed by atoms with van der Waals surface area (Å²) < 4.78 is 33.3. The van der Waals surface area contributed by atoms with Crippen molar-refractivity contribution in [2.45, 2.75) is 191 Å². The fourth-order valence-corrected chi connectivity index (χ4v) is 6.41. The lowest BCUT2D eigenvalue weighted by Crippen LogP contribution is -2.61. The van der Waals surface area contributed by atoms with Crippen LogP contribution < -0.4 is 0 Å². The summed E-state index contributed by atoms with van der Waals surface area (Å²) in [7, 11) is 0. The van der Waals surface area contributed by atoms with Crippen molar-refractivity contribution in [2.75, 3.05) is 26.4 Å². The van der Waals surface area contributed by atoms with E-state index in [1.165, 1.54) is 0 Å². The van der Waals surface area contributed by atoms with E-state index < -0.39 is 99.3 Å². The molecule has 0 amide bonds. The predicted octanol–water partition coefficient (Wildman–Crippen LogP) is 3.98. The lowest BCUT2D eigenvalue weighted by molar-refractivity contribution is -0.332. The average Bonchev–Trinajstić information content (AvgIpc) is 3.23. The molecule has 0 aliphatic carbocycles. The van der Waals surface area contributed by atoms with Crippen LogP contribution in [0, 0.1) is 0 Å². The van der Waals surface area contributed by atoms with Crippen molar-refractivity contribution in [2.24, 2.45) is 0 Å². The van der Waals surface area contributed by atoms with Crippen LogP contribution in [0.15, 0.2) is 48.6 Å². The molecule has 0 saturated carbocycles. The number of rotatable bonds is 31. The molecule has 2 heterocycles. The van der Waals surface area contributed by atoms with E-state index in [2.05, 4.69) is 62.5 Å². The third kappa shape index (κ3) is 21.7. The summed E-state index contributed by atoms with van der Waals surface area (Å²) in [5.74, 6) is -0.980. The van der Waals surface area contributed by atoms with Crippen molar-refractivity contribution in [3.8, 4) is 0 Å². The fourth-order valence-electron chi connectivity index (χ4n) is 6.41. The van der Waals surface area contributed by atoms with Crippen LogP contribution in [0.5, 0.6) is 0 Å². The zero-order chi connectivity index (χ0) is 43.3. The van der Waals surface area contributed by atoms with Crippen LogP contribution in [0.25, 0.3) is 0 Å². The molecule has 2 aliphatic rings. The molecule has 11 atom stereocenters. The van der Waals surface area contributed by atoms with Crippen LogP contribution in [-0.4, -0.2) is 142 Å². The van der Waals surface area contributed by atoms with E-state index in [1.54, 1.807) is 0 Å². The first-order chi connectivity index (χ1) is 28.5. The van der Waals surface area contributed by atoms with Gasteiger partial charge in [-0.1, -0.05) is 94.6 Å². The number of hydrogen-bond acceptors (Lipinski definition) is 15. The zero-order valence-corrected chi connectivity index (χ0v) is 35.2. The van der Waals surface area contributed by atoms with Gasteiger partial charge in [0.25, 0.3) is 0 Å². The Morgan fingerprint density at radius 1 is 0.559 bits per heavy atom. The van der Waals surface area contributed by atoms with Gasteiger partial charge in [0.05, 0.1) is 19.8 Å². The van der Waals surface area contributed by atoms with Gasteiger partial charge in [-0.15, -0.1) is 0 Å². The van der Waals surface area contributed by atoms with Crippen LogP contribution in [-0.2, 0) is 38.0 Å². The van der Waals surface area contributed by atoms with Gasteiger partial charge in [0, 0.05) is 12.8 Å². The van der Waals surface area contributed by atoms with Crippen molar-refractivity contribution in [3.63, 3.8) is 0 Å². The number of allylic oxidation sites excluding steroid dienone is 8. The Kier molecular flexibility index (Phi) is 28.7. The first kappa shape index (κ1) is 52.6. The summed E-state index contributed by atoms with van der Waals surface area (Å²) in [6.07, 6.45) is 14.6. The third-order valence-corrected chi connectivity index (χ3v) is 10.0. The van der Waals surface area contributed by atoms with Gasteiger partial charge in [-0.3, -0.25) is 9.59 Å². The molecular weight excluding hydrogens is 768 g/mol. The quantitative estimate of drug-likeness (QED) is 0.0297. The molecule has 0 aromatic carbocycles. The van der Waals surface area contributed by atoms with E-state index in [0.717, 1.165) is 83.5 Å². The van der Waals surface area contributed by atoms with Crippen LogP contribution in [0.3, 0.4) is 0 Å². The van der Waals surface area contributed by atoms with Crippen molar-refractivity contribution in [3.05, 3.63) is 48.6 Å². The maximum atomic E-state index is 12.9. The molecule has 2 aliphatic heterocycles. The number of aliphatic hydroxyl groups excluding tert-OH is 7. The topological polar surface area (TPSA) is 231 Å². The largest absolute Gasteiger partial charge is 0.462 e. The second-order valence-corrected chi connectivity index (χ2v) is 15.1. The van der Waals surface area contributed by atoms with E-state index in [4.69, 9.17) is 28.4 Å². The molecule has 59 heavy (non-hydrogen) atoms. The second-order valence-electron chi connectivity index (χ2n) is 15.1. The summed E-state index contributed by atoms with van der Waals surface area (Å²) in [6.45, 7) is 2.32. The van der Waals surface area contributed by atoms with Gasteiger partial charge in [0.2, 0.25) is 0 Å². The van der Waals surface area contributed by atoms with E-state index in [-0.39, 0.29) is 19.4 Å². The summed E-state index contributed by atoms with van der Waals surface area (Å²) >= 11 is 0. The summed E-state index contributed by atoms with van der Waals surface area (Å²) in [4.78, 5) is 25.5. The molecule has 0 bridgehead atoms. The van der Waals surface area contributed by atoms with Gasteiger partial charge in [-0.2, -0.15) is 0 Å². The predicted molar refractivity (Wildman–Crippen MR) is 220 cm³/mol. The molecule has 2 rings (SSSR count). The molecule has 11 unspecified atom stereocenters. The lowest BCUT2D eigenvalue weighted by Gasteiger charge is -2.42. The maximum Gasteiger partial charge on any atom is 0.306 e. The van der Waals surface area contributed by atoms with Gasteiger partial charge in [0.1, 0.15) is 55.4 Å². The minimum absolute atomic E-state index is 0.126. The highest BCUT2D eigenvalue weighted by atomic mass is 16.7. The summed E-state index contributed by atoms with van der Waals surface area (Å²) in [6, 6.07) is 0. The van der Waals surface area contributed by atoms with Crippen LogP contribution >= 0.6 is 0 Å². The lowest BCUT2D eigenvalue weighted by atomic mass is 9.98.